The number of esters is 1. The number of ether oxygens (including phenoxy) is 1. The molecule has 2 N–H and O–H groups in total. The lowest BCUT2D eigenvalue weighted by Gasteiger charge is -2.13. The van der Waals surface area contributed by atoms with Crippen LogP contribution in [0, 0.1) is 13.8 Å². The van der Waals surface area contributed by atoms with Gasteiger partial charge in [-0.05, 0) is 45.0 Å². The number of anilines is 2. The molecular weight excluding hydrogens is 326 g/mol. The third kappa shape index (κ3) is 4.66. The highest BCUT2D eigenvalue weighted by molar-refractivity contribution is 5.98. The van der Waals surface area contributed by atoms with Crippen molar-refractivity contribution in [3.8, 4) is 0 Å². The van der Waals surface area contributed by atoms with Gasteiger partial charge in [0.2, 0.25) is 5.91 Å². The van der Waals surface area contributed by atoms with Gasteiger partial charge in [-0.25, -0.2) is 4.79 Å². The summed E-state index contributed by atoms with van der Waals surface area (Å²) >= 11 is 0. The van der Waals surface area contributed by atoms with E-state index in [0.29, 0.717) is 22.8 Å². The van der Waals surface area contributed by atoms with Crippen molar-refractivity contribution in [1.29, 1.82) is 0 Å². The fraction of sp³-hybridized carbons (Fsp3) is 0.294. The second kappa shape index (κ2) is 7.61. The maximum atomic E-state index is 12.2. The Morgan fingerprint density at radius 1 is 1.08 bits per heavy atom. The predicted octanol–water partition coefficient (Wildman–Crippen LogP) is 2.43. The lowest BCUT2D eigenvalue weighted by Crippen LogP contribution is -2.30. The minimum absolute atomic E-state index is 0.184. The average Bonchev–Trinajstić information content (AvgIpc) is 2.87. The van der Waals surface area contributed by atoms with Gasteiger partial charge in [0.1, 0.15) is 11.3 Å². The van der Waals surface area contributed by atoms with Crippen LogP contribution in [0.25, 0.3) is 0 Å². The van der Waals surface area contributed by atoms with E-state index in [4.69, 9.17) is 9.26 Å². The van der Waals surface area contributed by atoms with Gasteiger partial charge in [0, 0.05) is 18.3 Å². The number of hydrogen-bond acceptors (Lipinski definition) is 6. The zero-order valence-electron chi connectivity index (χ0n) is 14.4. The van der Waals surface area contributed by atoms with E-state index >= 15 is 0 Å². The number of amides is 2. The molecule has 2 aromatic rings. The van der Waals surface area contributed by atoms with Crippen LogP contribution in [0.2, 0.25) is 0 Å². The zero-order chi connectivity index (χ0) is 18.6. The average molecular weight is 345 g/mol. The lowest BCUT2D eigenvalue weighted by atomic mass is 10.2. The molecular formula is C17H19N3O5. The second-order valence-electron chi connectivity index (χ2n) is 5.49. The number of hydrogen-bond donors (Lipinski definition) is 2. The SMILES string of the molecule is CC(=O)Nc1ccc(NC(=O)[C@H](C)OC(=O)c2c(C)noc2C)cc1. The number of benzene rings is 1. The summed E-state index contributed by atoms with van der Waals surface area (Å²) in [5.74, 6) is -0.993. The first-order valence-corrected chi connectivity index (χ1v) is 7.60. The van der Waals surface area contributed by atoms with Crippen LogP contribution >= 0.6 is 0 Å². The predicted molar refractivity (Wildman–Crippen MR) is 90.2 cm³/mol. The van der Waals surface area contributed by atoms with Crippen LogP contribution in [0.5, 0.6) is 0 Å². The van der Waals surface area contributed by atoms with Crippen LogP contribution in [-0.4, -0.2) is 29.0 Å². The fourth-order valence-corrected chi connectivity index (χ4v) is 2.13. The van der Waals surface area contributed by atoms with E-state index < -0.39 is 18.0 Å². The molecule has 8 nitrogen and oxygen atoms in total. The van der Waals surface area contributed by atoms with Crippen molar-refractivity contribution in [3.63, 3.8) is 0 Å². The van der Waals surface area contributed by atoms with Crippen LogP contribution in [0.4, 0.5) is 11.4 Å². The van der Waals surface area contributed by atoms with E-state index in [1.165, 1.54) is 13.8 Å². The molecule has 0 bridgehead atoms. The van der Waals surface area contributed by atoms with Crippen molar-refractivity contribution in [3.05, 3.63) is 41.3 Å². The molecule has 2 amide bonds. The van der Waals surface area contributed by atoms with Gasteiger partial charge < -0.3 is 19.9 Å². The van der Waals surface area contributed by atoms with E-state index in [1.54, 1.807) is 38.1 Å². The van der Waals surface area contributed by atoms with Gasteiger partial charge in [0.05, 0.1) is 5.69 Å². The molecule has 1 aromatic heterocycles. The van der Waals surface area contributed by atoms with Crippen LogP contribution in [0.3, 0.4) is 0 Å². The summed E-state index contributed by atoms with van der Waals surface area (Å²) in [6.07, 6.45) is -1.00. The van der Waals surface area contributed by atoms with Crippen LogP contribution in [-0.2, 0) is 14.3 Å². The summed E-state index contributed by atoms with van der Waals surface area (Å²) in [7, 11) is 0. The summed E-state index contributed by atoms with van der Waals surface area (Å²) in [5, 5.41) is 8.94. The van der Waals surface area contributed by atoms with Gasteiger partial charge in [-0.3, -0.25) is 9.59 Å². The Hall–Kier alpha value is -3.16. The molecule has 0 spiro atoms. The highest BCUT2D eigenvalue weighted by Crippen LogP contribution is 2.16. The lowest BCUT2D eigenvalue weighted by molar-refractivity contribution is -0.123. The van der Waals surface area contributed by atoms with Crippen molar-refractivity contribution in [2.75, 3.05) is 10.6 Å². The number of nitrogens with one attached hydrogen (secondary N) is 2. The first-order valence-electron chi connectivity index (χ1n) is 7.60. The van der Waals surface area contributed by atoms with Gasteiger partial charge in [0.25, 0.3) is 5.91 Å². The van der Waals surface area contributed by atoms with Crippen LogP contribution in [0.1, 0.15) is 35.7 Å². The number of carbonyl (C=O) groups is 3. The third-order valence-electron chi connectivity index (χ3n) is 3.36. The molecule has 1 aromatic carbocycles. The normalized spacial score (nSPS) is 11.5. The monoisotopic (exact) mass is 345 g/mol. The molecule has 0 aliphatic rings. The largest absolute Gasteiger partial charge is 0.449 e. The second-order valence-corrected chi connectivity index (χ2v) is 5.49. The quantitative estimate of drug-likeness (QED) is 0.805. The highest BCUT2D eigenvalue weighted by atomic mass is 16.5. The fourth-order valence-electron chi connectivity index (χ4n) is 2.13. The van der Waals surface area contributed by atoms with Gasteiger partial charge in [-0.15, -0.1) is 0 Å². The van der Waals surface area contributed by atoms with E-state index in [9.17, 15) is 14.4 Å². The number of carbonyl (C=O) groups excluding carboxylic acids is 3. The van der Waals surface area contributed by atoms with Crippen molar-refractivity contribution in [2.45, 2.75) is 33.8 Å². The van der Waals surface area contributed by atoms with Crippen LogP contribution < -0.4 is 10.6 Å². The molecule has 1 heterocycles. The topological polar surface area (TPSA) is 111 Å². The van der Waals surface area contributed by atoms with Gasteiger partial charge >= 0.3 is 5.97 Å². The van der Waals surface area contributed by atoms with E-state index in [2.05, 4.69) is 15.8 Å². The summed E-state index contributed by atoms with van der Waals surface area (Å²) < 4.78 is 10.1. The Labute approximate surface area is 144 Å². The third-order valence-corrected chi connectivity index (χ3v) is 3.36. The van der Waals surface area contributed by atoms with Crippen molar-refractivity contribution < 1.29 is 23.6 Å². The molecule has 0 saturated carbocycles. The highest BCUT2D eigenvalue weighted by Gasteiger charge is 2.24. The van der Waals surface area contributed by atoms with Crippen molar-refractivity contribution >= 4 is 29.2 Å². The molecule has 132 valence electrons. The zero-order valence-corrected chi connectivity index (χ0v) is 14.4. The van der Waals surface area contributed by atoms with Crippen LogP contribution in [0.15, 0.2) is 28.8 Å². The standard InChI is InChI=1S/C17H19N3O5/c1-9-15(10(2)25-20-9)17(23)24-11(3)16(22)19-14-7-5-13(6-8-14)18-12(4)21/h5-8,11H,1-4H3,(H,18,21)(H,19,22)/t11-/m0/s1. The minimum Gasteiger partial charge on any atom is -0.449 e. The number of rotatable bonds is 5. The molecule has 0 fully saturated rings. The Morgan fingerprint density at radius 3 is 2.12 bits per heavy atom. The summed E-state index contributed by atoms with van der Waals surface area (Å²) in [5.41, 5.74) is 1.76. The number of nitrogens with zero attached hydrogens (tertiary/aromatic N) is 1. The summed E-state index contributed by atoms with van der Waals surface area (Å²) in [6, 6.07) is 6.56. The van der Waals surface area contributed by atoms with Crippen molar-refractivity contribution in [1.82, 2.24) is 5.16 Å². The Bertz CT molecular complexity index is 776. The minimum atomic E-state index is -1.00. The maximum absolute atomic E-state index is 12.2. The smallest absolute Gasteiger partial charge is 0.344 e. The Morgan fingerprint density at radius 2 is 1.64 bits per heavy atom. The molecule has 1 atom stereocenters. The van der Waals surface area contributed by atoms with Gasteiger partial charge in [-0.2, -0.15) is 0 Å². The molecule has 0 radical (unpaired) electrons. The molecule has 0 aliphatic carbocycles. The van der Waals surface area contributed by atoms with E-state index in [1.807, 2.05) is 0 Å². The maximum Gasteiger partial charge on any atom is 0.344 e. The molecule has 0 saturated heterocycles. The van der Waals surface area contributed by atoms with Gasteiger partial charge in [-0.1, -0.05) is 5.16 Å². The molecule has 0 aliphatic heterocycles. The molecule has 25 heavy (non-hydrogen) atoms. The first kappa shape index (κ1) is 18.2. The number of aryl methyl sites for hydroxylation is 2. The first-order chi connectivity index (χ1) is 11.8. The number of aromatic nitrogens is 1. The van der Waals surface area contributed by atoms with E-state index in [0.717, 1.165) is 0 Å². The summed E-state index contributed by atoms with van der Waals surface area (Å²) in [4.78, 5) is 35.2. The van der Waals surface area contributed by atoms with Crippen molar-refractivity contribution in [2.24, 2.45) is 0 Å². The molecule has 2 rings (SSSR count). The Kier molecular flexibility index (Phi) is 5.53. The molecule has 0 unspecified atom stereocenters. The van der Waals surface area contributed by atoms with Gasteiger partial charge in [0.15, 0.2) is 6.10 Å². The Balaban J connectivity index is 1.96. The van der Waals surface area contributed by atoms with E-state index in [-0.39, 0.29) is 11.5 Å². The molecule has 8 heteroatoms. The summed E-state index contributed by atoms with van der Waals surface area (Å²) in [6.45, 7) is 6.09.